The SMILES string of the molecule is Cc1c(Cl)cccc1C(=O)N1CCCC1. The highest BCUT2D eigenvalue weighted by molar-refractivity contribution is 6.31. The van der Waals surface area contributed by atoms with Crippen LogP contribution < -0.4 is 0 Å². The average molecular weight is 224 g/mol. The first-order valence-corrected chi connectivity index (χ1v) is 5.62. The fraction of sp³-hybridized carbons (Fsp3) is 0.417. The third kappa shape index (κ3) is 2.00. The summed E-state index contributed by atoms with van der Waals surface area (Å²) >= 11 is 5.99. The molecule has 0 aliphatic carbocycles. The summed E-state index contributed by atoms with van der Waals surface area (Å²) in [4.78, 5) is 14.0. The van der Waals surface area contributed by atoms with E-state index in [0.29, 0.717) is 5.02 Å². The Morgan fingerprint density at radius 2 is 2.00 bits per heavy atom. The molecule has 2 nitrogen and oxygen atoms in total. The van der Waals surface area contributed by atoms with Gasteiger partial charge in [-0.25, -0.2) is 0 Å². The fourth-order valence-electron chi connectivity index (χ4n) is 1.93. The molecule has 0 saturated carbocycles. The van der Waals surface area contributed by atoms with Crippen LogP contribution in [0.1, 0.15) is 28.8 Å². The Labute approximate surface area is 94.8 Å². The van der Waals surface area contributed by atoms with Crippen molar-refractivity contribution in [2.45, 2.75) is 19.8 Å². The number of rotatable bonds is 1. The van der Waals surface area contributed by atoms with Crippen LogP contribution in [-0.2, 0) is 0 Å². The van der Waals surface area contributed by atoms with Gasteiger partial charge in [0.25, 0.3) is 5.91 Å². The van der Waals surface area contributed by atoms with Crippen molar-refractivity contribution >= 4 is 17.5 Å². The van der Waals surface area contributed by atoms with Gasteiger partial charge in [0.1, 0.15) is 0 Å². The van der Waals surface area contributed by atoms with Crippen LogP contribution in [0.4, 0.5) is 0 Å². The predicted octanol–water partition coefficient (Wildman–Crippen LogP) is 2.88. The summed E-state index contributed by atoms with van der Waals surface area (Å²) < 4.78 is 0. The standard InChI is InChI=1S/C12H14ClNO/c1-9-10(5-4-6-11(9)13)12(15)14-7-2-3-8-14/h4-6H,2-3,7-8H2,1H3. The van der Waals surface area contributed by atoms with Gasteiger partial charge in [-0.3, -0.25) is 4.79 Å². The summed E-state index contributed by atoms with van der Waals surface area (Å²) in [5.41, 5.74) is 1.63. The smallest absolute Gasteiger partial charge is 0.254 e. The topological polar surface area (TPSA) is 20.3 Å². The number of carbonyl (C=O) groups excluding carboxylic acids is 1. The molecule has 15 heavy (non-hydrogen) atoms. The molecular weight excluding hydrogens is 210 g/mol. The number of likely N-dealkylation sites (tertiary alicyclic amines) is 1. The number of hydrogen-bond acceptors (Lipinski definition) is 1. The minimum Gasteiger partial charge on any atom is -0.339 e. The molecule has 2 rings (SSSR count). The van der Waals surface area contributed by atoms with Crippen molar-refractivity contribution in [3.8, 4) is 0 Å². The van der Waals surface area contributed by atoms with Gasteiger partial charge in [-0.15, -0.1) is 0 Å². The van der Waals surface area contributed by atoms with Crippen molar-refractivity contribution < 1.29 is 4.79 Å². The molecule has 0 atom stereocenters. The summed E-state index contributed by atoms with van der Waals surface area (Å²) in [6, 6.07) is 5.50. The summed E-state index contributed by atoms with van der Waals surface area (Å²) in [6.45, 7) is 3.65. The molecule has 3 heteroatoms. The minimum atomic E-state index is 0.118. The second kappa shape index (κ2) is 4.23. The summed E-state index contributed by atoms with van der Waals surface area (Å²) in [5.74, 6) is 0.118. The van der Waals surface area contributed by atoms with Gasteiger partial charge >= 0.3 is 0 Å². The second-order valence-corrected chi connectivity index (χ2v) is 4.32. The third-order valence-electron chi connectivity index (χ3n) is 2.89. The predicted molar refractivity (Wildman–Crippen MR) is 61.3 cm³/mol. The summed E-state index contributed by atoms with van der Waals surface area (Å²) in [5, 5.41) is 0.667. The summed E-state index contributed by atoms with van der Waals surface area (Å²) in [6.07, 6.45) is 2.23. The quantitative estimate of drug-likeness (QED) is 0.717. The van der Waals surface area contributed by atoms with Crippen molar-refractivity contribution in [2.75, 3.05) is 13.1 Å². The van der Waals surface area contributed by atoms with Gasteiger partial charge in [-0.05, 0) is 37.5 Å². The number of nitrogens with zero attached hydrogens (tertiary/aromatic N) is 1. The monoisotopic (exact) mass is 223 g/mol. The fourth-order valence-corrected chi connectivity index (χ4v) is 2.10. The Hall–Kier alpha value is -1.02. The second-order valence-electron chi connectivity index (χ2n) is 3.91. The first-order valence-electron chi connectivity index (χ1n) is 5.24. The van der Waals surface area contributed by atoms with Crippen LogP contribution in [0.2, 0.25) is 5.02 Å². The van der Waals surface area contributed by atoms with Crippen LogP contribution in [-0.4, -0.2) is 23.9 Å². The van der Waals surface area contributed by atoms with Crippen LogP contribution in [0.3, 0.4) is 0 Å². The number of amides is 1. The lowest BCUT2D eigenvalue weighted by molar-refractivity contribution is 0.0792. The normalized spacial score (nSPS) is 15.7. The van der Waals surface area contributed by atoms with E-state index in [4.69, 9.17) is 11.6 Å². The Kier molecular flexibility index (Phi) is 2.96. The molecule has 0 bridgehead atoms. The molecule has 1 amide bonds. The first kappa shape index (κ1) is 10.5. The maximum absolute atomic E-state index is 12.1. The Morgan fingerprint density at radius 1 is 1.33 bits per heavy atom. The molecule has 0 aromatic heterocycles. The van der Waals surface area contributed by atoms with E-state index in [1.54, 1.807) is 0 Å². The number of hydrogen-bond donors (Lipinski definition) is 0. The number of carbonyl (C=O) groups is 1. The Bertz CT molecular complexity index is 383. The molecule has 1 aliphatic heterocycles. The number of benzene rings is 1. The number of halogens is 1. The van der Waals surface area contributed by atoms with Crippen molar-refractivity contribution in [3.05, 3.63) is 34.3 Å². The third-order valence-corrected chi connectivity index (χ3v) is 3.30. The van der Waals surface area contributed by atoms with Gasteiger partial charge in [0.05, 0.1) is 0 Å². The van der Waals surface area contributed by atoms with E-state index in [1.807, 2.05) is 30.0 Å². The largest absolute Gasteiger partial charge is 0.339 e. The van der Waals surface area contributed by atoms with Gasteiger partial charge in [0.15, 0.2) is 0 Å². The van der Waals surface area contributed by atoms with Crippen molar-refractivity contribution in [2.24, 2.45) is 0 Å². The van der Waals surface area contributed by atoms with Gasteiger partial charge in [-0.1, -0.05) is 17.7 Å². The van der Waals surface area contributed by atoms with Crippen molar-refractivity contribution in [3.63, 3.8) is 0 Å². The van der Waals surface area contributed by atoms with Crippen molar-refractivity contribution in [1.29, 1.82) is 0 Å². The van der Waals surface area contributed by atoms with Crippen molar-refractivity contribution in [1.82, 2.24) is 4.90 Å². The van der Waals surface area contributed by atoms with Crippen LogP contribution in [0.25, 0.3) is 0 Å². The van der Waals surface area contributed by atoms with E-state index in [2.05, 4.69) is 0 Å². The molecule has 80 valence electrons. The van der Waals surface area contributed by atoms with Crippen LogP contribution in [0.5, 0.6) is 0 Å². The molecule has 0 unspecified atom stereocenters. The molecular formula is C12H14ClNO. The molecule has 0 spiro atoms. The van der Waals surface area contributed by atoms with E-state index in [0.717, 1.165) is 37.1 Å². The van der Waals surface area contributed by atoms with E-state index < -0.39 is 0 Å². The van der Waals surface area contributed by atoms with Crippen LogP contribution in [0, 0.1) is 6.92 Å². The van der Waals surface area contributed by atoms with Gasteiger partial charge in [0.2, 0.25) is 0 Å². The lowest BCUT2D eigenvalue weighted by Gasteiger charge is -2.16. The van der Waals surface area contributed by atoms with Gasteiger partial charge in [0, 0.05) is 23.7 Å². The lowest BCUT2D eigenvalue weighted by Crippen LogP contribution is -2.28. The zero-order valence-corrected chi connectivity index (χ0v) is 9.55. The maximum atomic E-state index is 12.1. The van der Waals surface area contributed by atoms with Crippen LogP contribution >= 0.6 is 11.6 Å². The van der Waals surface area contributed by atoms with Gasteiger partial charge < -0.3 is 4.90 Å². The minimum absolute atomic E-state index is 0.118. The lowest BCUT2D eigenvalue weighted by atomic mass is 10.1. The molecule has 1 saturated heterocycles. The van der Waals surface area contributed by atoms with E-state index in [9.17, 15) is 4.79 Å². The zero-order chi connectivity index (χ0) is 10.8. The Morgan fingerprint density at radius 3 is 2.67 bits per heavy atom. The van der Waals surface area contributed by atoms with Crippen LogP contribution in [0.15, 0.2) is 18.2 Å². The molecule has 1 aromatic carbocycles. The Balaban J connectivity index is 2.28. The van der Waals surface area contributed by atoms with Gasteiger partial charge in [-0.2, -0.15) is 0 Å². The molecule has 1 heterocycles. The average Bonchev–Trinajstić information content (AvgIpc) is 2.74. The van der Waals surface area contributed by atoms with E-state index in [1.165, 1.54) is 0 Å². The highest BCUT2D eigenvalue weighted by Gasteiger charge is 2.21. The molecule has 1 aliphatic rings. The van der Waals surface area contributed by atoms with E-state index >= 15 is 0 Å². The molecule has 0 radical (unpaired) electrons. The molecule has 0 N–H and O–H groups in total. The highest BCUT2D eigenvalue weighted by Crippen LogP contribution is 2.21. The zero-order valence-electron chi connectivity index (χ0n) is 8.79. The first-order chi connectivity index (χ1) is 7.20. The maximum Gasteiger partial charge on any atom is 0.254 e. The summed E-state index contributed by atoms with van der Waals surface area (Å²) in [7, 11) is 0. The van der Waals surface area contributed by atoms with E-state index in [-0.39, 0.29) is 5.91 Å². The molecule has 1 fully saturated rings. The highest BCUT2D eigenvalue weighted by atomic mass is 35.5. The molecule has 1 aromatic rings.